The van der Waals surface area contributed by atoms with Crippen LogP contribution in [0.5, 0.6) is 0 Å². The Hall–Kier alpha value is -1.60. The van der Waals surface area contributed by atoms with Crippen LogP contribution in [0.15, 0.2) is 52.0 Å². The minimum Gasteiger partial charge on any atom is -0.391 e. The summed E-state index contributed by atoms with van der Waals surface area (Å²) in [4.78, 5) is 13.0. The fraction of sp³-hybridized carbons (Fsp3) is 0.364. The summed E-state index contributed by atoms with van der Waals surface area (Å²) in [5.41, 5.74) is 2.13. The second-order valence-electron chi connectivity index (χ2n) is 7.69. The van der Waals surface area contributed by atoms with E-state index in [9.17, 15) is 9.90 Å². The zero-order chi connectivity index (χ0) is 21.3. The van der Waals surface area contributed by atoms with Crippen LogP contribution in [-0.4, -0.2) is 28.9 Å². The van der Waals surface area contributed by atoms with Crippen molar-refractivity contribution >= 4 is 56.4 Å². The van der Waals surface area contributed by atoms with E-state index in [4.69, 9.17) is 23.2 Å². The first-order valence-corrected chi connectivity index (χ1v) is 11.5. The Kier molecular flexibility index (Phi) is 6.68. The molecular formula is C22H22BrCl2N3O2. The molecule has 0 radical (unpaired) electrons. The van der Waals surface area contributed by atoms with Gasteiger partial charge in [0.15, 0.2) is 0 Å². The van der Waals surface area contributed by atoms with Crippen LogP contribution >= 0.6 is 39.1 Å². The van der Waals surface area contributed by atoms with Gasteiger partial charge in [-0.1, -0.05) is 64.1 Å². The van der Waals surface area contributed by atoms with Gasteiger partial charge in [0.2, 0.25) is 0 Å². The van der Waals surface area contributed by atoms with Gasteiger partial charge in [-0.3, -0.25) is 9.80 Å². The van der Waals surface area contributed by atoms with E-state index in [-0.39, 0.29) is 18.0 Å². The number of carbonyl (C=O) groups is 1. The lowest BCUT2D eigenvalue weighted by atomic mass is 9.92. The molecule has 1 saturated carbocycles. The Morgan fingerprint density at radius 2 is 1.87 bits per heavy atom. The van der Waals surface area contributed by atoms with E-state index in [0.29, 0.717) is 34.3 Å². The number of carbonyl (C=O) groups excluding carboxylic acids is 1. The maximum absolute atomic E-state index is 13.0. The second kappa shape index (κ2) is 9.27. The number of aliphatic hydroxyl groups excluding tert-OH is 1. The van der Waals surface area contributed by atoms with Crippen molar-refractivity contribution in [1.29, 1.82) is 0 Å². The van der Waals surface area contributed by atoms with Crippen LogP contribution in [0.25, 0.3) is 0 Å². The number of hydrogen-bond donors (Lipinski definition) is 2. The molecule has 1 unspecified atom stereocenters. The predicted molar refractivity (Wildman–Crippen MR) is 124 cm³/mol. The van der Waals surface area contributed by atoms with Crippen molar-refractivity contribution in [2.75, 3.05) is 5.01 Å². The highest BCUT2D eigenvalue weighted by atomic mass is 79.9. The van der Waals surface area contributed by atoms with Crippen molar-refractivity contribution in [3.63, 3.8) is 0 Å². The number of aliphatic hydroxyl groups is 1. The van der Waals surface area contributed by atoms with E-state index < -0.39 is 6.10 Å². The molecule has 1 aliphatic carbocycles. The van der Waals surface area contributed by atoms with Crippen LogP contribution in [0.4, 0.5) is 5.69 Å². The van der Waals surface area contributed by atoms with Crippen LogP contribution in [0.1, 0.15) is 43.7 Å². The molecule has 8 heteroatoms. The van der Waals surface area contributed by atoms with E-state index in [1.165, 1.54) is 0 Å². The Balaban J connectivity index is 1.63. The summed E-state index contributed by atoms with van der Waals surface area (Å²) in [5.74, 6) is -0.240. The highest BCUT2D eigenvalue weighted by Crippen LogP contribution is 2.40. The molecule has 1 aliphatic heterocycles. The fourth-order valence-corrected chi connectivity index (χ4v) is 4.77. The molecule has 1 heterocycles. The number of rotatable bonds is 4. The van der Waals surface area contributed by atoms with Crippen LogP contribution in [0.2, 0.25) is 10.0 Å². The van der Waals surface area contributed by atoms with Gasteiger partial charge < -0.3 is 10.4 Å². The molecular weight excluding hydrogens is 489 g/mol. The van der Waals surface area contributed by atoms with Gasteiger partial charge in [0, 0.05) is 15.9 Å². The van der Waals surface area contributed by atoms with Crippen LogP contribution < -0.4 is 10.3 Å². The molecule has 2 aromatic rings. The maximum Gasteiger partial charge on any atom is 0.267 e. The molecule has 158 valence electrons. The standard InChI is InChI=1S/C22H22BrCl2N3O2/c23-14-7-5-13(6-8-14)20-12-18(22(30)26-17-3-1-2-4-21(17)29)27-28(20)19-10-9-15(24)11-16(19)25/h5-11,17,20-21,29H,1-4,12H2,(H,26,30)/t17-,20?,21-/m0/s1. The number of hydrazone groups is 1. The lowest BCUT2D eigenvalue weighted by molar-refractivity contribution is -0.116. The van der Waals surface area contributed by atoms with Crippen LogP contribution in [-0.2, 0) is 4.79 Å². The highest BCUT2D eigenvalue weighted by Gasteiger charge is 2.35. The summed E-state index contributed by atoms with van der Waals surface area (Å²) in [7, 11) is 0. The maximum atomic E-state index is 13.0. The second-order valence-corrected chi connectivity index (χ2v) is 9.45. The molecule has 0 spiro atoms. The highest BCUT2D eigenvalue weighted by molar-refractivity contribution is 9.10. The van der Waals surface area contributed by atoms with Crippen LogP contribution in [0, 0.1) is 0 Å². The lowest BCUT2D eigenvalue weighted by Gasteiger charge is -2.28. The zero-order valence-corrected chi connectivity index (χ0v) is 19.3. The number of nitrogens with one attached hydrogen (secondary N) is 1. The Morgan fingerprint density at radius 1 is 1.13 bits per heavy atom. The molecule has 0 aromatic heterocycles. The van der Waals surface area contributed by atoms with Gasteiger partial charge in [-0.15, -0.1) is 0 Å². The topological polar surface area (TPSA) is 64.9 Å². The number of benzene rings is 2. The number of anilines is 1. The zero-order valence-electron chi connectivity index (χ0n) is 16.2. The Labute approximate surface area is 194 Å². The van der Waals surface area contributed by atoms with Gasteiger partial charge in [-0.05, 0) is 48.7 Å². The van der Waals surface area contributed by atoms with Gasteiger partial charge in [0.05, 0.1) is 28.9 Å². The third kappa shape index (κ3) is 4.67. The smallest absolute Gasteiger partial charge is 0.267 e. The monoisotopic (exact) mass is 509 g/mol. The number of nitrogens with zero attached hydrogens (tertiary/aromatic N) is 2. The van der Waals surface area contributed by atoms with Crippen molar-refractivity contribution in [1.82, 2.24) is 5.32 Å². The molecule has 1 amide bonds. The summed E-state index contributed by atoms with van der Waals surface area (Å²) in [6, 6.07) is 12.8. The van der Waals surface area contributed by atoms with Crippen molar-refractivity contribution in [3.8, 4) is 0 Å². The third-order valence-corrected chi connectivity index (χ3v) is 6.70. The van der Waals surface area contributed by atoms with Gasteiger partial charge in [0.1, 0.15) is 5.71 Å². The molecule has 0 saturated heterocycles. The summed E-state index contributed by atoms with van der Waals surface area (Å²) < 4.78 is 0.977. The molecule has 2 N–H and O–H groups in total. The summed E-state index contributed by atoms with van der Waals surface area (Å²) in [6.07, 6.45) is 3.42. The summed E-state index contributed by atoms with van der Waals surface area (Å²) in [6.45, 7) is 0. The van der Waals surface area contributed by atoms with E-state index >= 15 is 0 Å². The van der Waals surface area contributed by atoms with Crippen LogP contribution in [0.3, 0.4) is 0 Å². The van der Waals surface area contributed by atoms with E-state index in [0.717, 1.165) is 29.3 Å². The first-order valence-electron chi connectivity index (χ1n) is 9.98. The fourth-order valence-electron chi connectivity index (χ4n) is 4.01. The molecule has 4 rings (SSSR count). The molecule has 1 fully saturated rings. The number of hydrogen-bond acceptors (Lipinski definition) is 4. The molecule has 3 atom stereocenters. The Morgan fingerprint density at radius 3 is 2.57 bits per heavy atom. The minimum atomic E-state index is -0.506. The van der Waals surface area contributed by atoms with Gasteiger partial charge >= 0.3 is 0 Å². The SMILES string of the molecule is O=C(N[C@H]1CCCC[C@@H]1O)C1=NN(c2ccc(Cl)cc2Cl)C(c2ccc(Br)cc2)C1. The Bertz CT molecular complexity index is 967. The van der Waals surface area contributed by atoms with Crippen molar-refractivity contribution in [3.05, 3.63) is 62.5 Å². The largest absolute Gasteiger partial charge is 0.391 e. The van der Waals surface area contributed by atoms with Gasteiger partial charge in [0.25, 0.3) is 5.91 Å². The molecule has 2 aliphatic rings. The lowest BCUT2D eigenvalue weighted by Crippen LogP contribution is -2.47. The summed E-state index contributed by atoms with van der Waals surface area (Å²) >= 11 is 16.0. The van der Waals surface area contributed by atoms with E-state index in [1.807, 2.05) is 30.3 Å². The average Bonchev–Trinajstić information content (AvgIpc) is 3.15. The van der Waals surface area contributed by atoms with Crippen molar-refractivity contribution < 1.29 is 9.90 Å². The van der Waals surface area contributed by atoms with Gasteiger partial charge in [-0.2, -0.15) is 5.10 Å². The van der Waals surface area contributed by atoms with E-state index in [2.05, 4.69) is 26.3 Å². The quantitative estimate of drug-likeness (QED) is 0.572. The third-order valence-electron chi connectivity index (χ3n) is 5.63. The molecule has 30 heavy (non-hydrogen) atoms. The van der Waals surface area contributed by atoms with Gasteiger partial charge in [-0.25, -0.2) is 0 Å². The predicted octanol–water partition coefficient (Wildman–Crippen LogP) is 5.48. The number of halogens is 3. The first kappa shape index (κ1) is 21.6. The number of amides is 1. The van der Waals surface area contributed by atoms with Crippen molar-refractivity contribution in [2.24, 2.45) is 5.10 Å². The molecule has 5 nitrogen and oxygen atoms in total. The summed E-state index contributed by atoms with van der Waals surface area (Å²) in [5, 5.41) is 20.6. The first-order chi connectivity index (χ1) is 14.4. The minimum absolute atomic E-state index is 0.172. The average molecular weight is 511 g/mol. The normalized spacial score (nSPS) is 23.9. The molecule has 0 bridgehead atoms. The van der Waals surface area contributed by atoms with E-state index in [1.54, 1.807) is 17.1 Å². The molecule has 2 aromatic carbocycles. The van der Waals surface area contributed by atoms with Crippen molar-refractivity contribution in [2.45, 2.75) is 50.3 Å².